The zero-order chi connectivity index (χ0) is 17.6. The Morgan fingerprint density at radius 1 is 1.50 bits per heavy atom. The fourth-order valence-corrected chi connectivity index (χ4v) is 5.32. The van der Waals surface area contributed by atoms with Crippen molar-refractivity contribution in [3.8, 4) is 0 Å². The molecule has 3 heterocycles. The predicted molar refractivity (Wildman–Crippen MR) is 85.3 cm³/mol. The maximum absolute atomic E-state index is 13.3. The molecule has 1 aromatic rings. The summed E-state index contributed by atoms with van der Waals surface area (Å²) in [5.41, 5.74) is -2.26. The molecule has 0 bridgehead atoms. The molecule has 1 N–H and O–H groups in total. The molecule has 3 rings (SSSR count). The van der Waals surface area contributed by atoms with Gasteiger partial charge in [0.2, 0.25) is 11.8 Å². The van der Waals surface area contributed by atoms with Gasteiger partial charge < -0.3 is 10.0 Å². The van der Waals surface area contributed by atoms with E-state index in [1.807, 2.05) is 0 Å². The quantitative estimate of drug-likeness (QED) is 0.810. The number of aliphatic carboxylic acids is 1. The summed E-state index contributed by atoms with van der Waals surface area (Å²) >= 11 is 2.29. The lowest BCUT2D eigenvalue weighted by Gasteiger charge is -2.55. The second-order valence-electron chi connectivity index (χ2n) is 5.71. The molecule has 2 aliphatic rings. The summed E-state index contributed by atoms with van der Waals surface area (Å²) in [6, 6.07) is 2.67. The van der Waals surface area contributed by atoms with Gasteiger partial charge >= 0.3 is 5.97 Å². The van der Waals surface area contributed by atoms with Gasteiger partial charge in [0.25, 0.3) is 6.43 Å². The van der Waals surface area contributed by atoms with Gasteiger partial charge in [0, 0.05) is 19.2 Å². The fraction of sp³-hybridized carbons (Fsp3) is 0.500. The standard InChI is InChI=1S/C14H14F2N2O4S2/c1-7(19)18(8-3-2-4-23-8)9-10(20)17-5-14(12(15)16,13(21)22)6-24-11(9)17/h2-4,9,11-12H,5-6H2,1H3,(H,21,22)/t9?,11-,14?/m1/s1. The Labute approximate surface area is 144 Å². The Morgan fingerprint density at radius 2 is 2.21 bits per heavy atom. The van der Waals surface area contributed by atoms with E-state index in [0.717, 1.165) is 16.7 Å². The Morgan fingerprint density at radius 3 is 2.71 bits per heavy atom. The highest BCUT2D eigenvalue weighted by Gasteiger charge is 2.62. The minimum Gasteiger partial charge on any atom is -0.481 e. The van der Waals surface area contributed by atoms with Crippen LogP contribution in [0, 0.1) is 5.41 Å². The topological polar surface area (TPSA) is 77.9 Å². The molecule has 0 spiro atoms. The van der Waals surface area contributed by atoms with Gasteiger partial charge in [0.05, 0.1) is 5.00 Å². The summed E-state index contributed by atoms with van der Waals surface area (Å²) in [4.78, 5) is 38.3. The van der Waals surface area contributed by atoms with Crippen molar-refractivity contribution in [1.82, 2.24) is 4.90 Å². The average molecular weight is 376 g/mol. The van der Waals surface area contributed by atoms with Crippen LogP contribution in [0.15, 0.2) is 17.5 Å². The highest BCUT2D eigenvalue weighted by atomic mass is 32.2. The number of thiophene rings is 1. The number of hydrogen-bond donors (Lipinski definition) is 1. The van der Waals surface area contributed by atoms with Crippen molar-refractivity contribution in [2.24, 2.45) is 5.41 Å². The van der Waals surface area contributed by atoms with E-state index >= 15 is 0 Å². The average Bonchev–Trinajstić information content (AvgIpc) is 3.04. The van der Waals surface area contributed by atoms with E-state index in [1.54, 1.807) is 17.5 Å². The largest absolute Gasteiger partial charge is 0.481 e. The van der Waals surface area contributed by atoms with Gasteiger partial charge in [-0.25, -0.2) is 8.78 Å². The number of hydrogen-bond acceptors (Lipinski definition) is 5. The van der Waals surface area contributed by atoms with Crippen LogP contribution in [0.1, 0.15) is 6.92 Å². The molecular formula is C14H14F2N2O4S2. The van der Waals surface area contributed by atoms with Crippen LogP contribution in [-0.4, -0.2) is 57.9 Å². The Bertz CT molecular complexity index is 684. The van der Waals surface area contributed by atoms with Crippen molar-refractivity contribution in [3.05, 3.63) is 17.5 Å². The van der Waals surface area contributed by atoms with Crippen LogP contribution in [0.2, 0.25) is 0 Å². The summed E-state index contributed by atoms with van der Waals surface area (Å²) in [5.74, 6) is -2.73. The van der Waals surface area contributed by atoms with Crippen molar-refractivity contribution in [2.45, 2.75) is 24.8 Å². The highest BCUT2D eigenvalue weighted by Crippen LogP contribution is 2.47. The summed E-state index contributed by atoms with van der Waals surface area (Å²) in [7, 11) is 0. The number of carbonyl (C=O) groups excluding carboxylic acids is 2. The first-order valence-corrected chi connectivity index (χ1v) is 8.99. The Kier molecular flexibility index (Phi) is 4.28. The van der Waals surface area contributed by atoms with Crippen LogP contribution in [0.25, 0.3) is 0 Å². The van der Waals surface area contributed by atoms with Crippen molar-refractivity contribution in [1.29, 1.82) is 0 Å². The van der Waals surface area contributed by atoms with Gasteiger partial charge in [0.15, 0.2) is 5.41 Å². The number of carboxylic acid groups (broad SMARTS) is 1. The van der Waals surface area contributed by atoms with Crippen LogP contribution < -0.4 is 4.90 Å². The number of anilines is 1. The zero-order valence-corrected chi connectivity index (χ0v) is 14.2. The first kappa shape index (κ1) is 17.2. The normalized spacial score (nSPS) is 29.2. The minimum atomic E-state index is -3.07. The number of nitrogens with zero attached hydrogens (tertiary/aromatic N) is 2. The number of carbonyl (C=O) groups is 3. The first-order valence-electron chi connectivity index (χ1n) is 7.06. The smallest absolute Gasteiger partial charge is 0.318 e. The molecule has 2 unspecified atom stereocenters. The molecule has 0 aliphatic carbocycles. The summed E-state index contributed by atoms with van der Waals surface area (Å²) < 4.78 is 26.6. The van der Waals surface area contributed by atoms with Crippen LogP contribution in [0.3, 0.4) is 0 Å². The molecular weight excluding hydrogens is 362 g/mol. The first-order chi connectivity index (χ1) is 11.3. The summed E-state index contributed by atoms with van der Waals surface area (Å²) in [6.07, 6.45) is -3.07. The van der Waals surface area contributed by atoms with E-state index in [1.165, 1.54) is 23.2 Å². The van der Waals surface area contributed by atoms with Crippen molar-refractivity contribution < 1.29 is 28.3 Å². The van der Waals surface area contributed by atoms with E-state index in [2.05, 4.69) is 0 Å². The number of β-lactam (4-membered cyclic amide) rings is 1. The summed E-state index contributed by atoms with van der Waals surface area (Å²) in [5, 5.41) is 11.1. The number of thioether (sulfide) groups is 1. The molecule has 130 valence electrons. The van der Waals surface area contributed by atoms with E-state index in [0.29, 0.717) is 5.00 Å². The van der Waals surface area contributed by atoms with E-state index < -0.39 is 41.7 Å². The van der Waals surface area contributed by atoms with Crippen molar-refractivity contribution in [3.63, 3.8) is 0 Å². The predicted octanol–water partition coefficient (Wildman–Crippen LogP) is 1.72. The number of halogens is 2. The molecule has 2 fully saturated rings. The van der Waals surface area contributed by atoms with Crippen molar-refractivity contribution in [2.75, 3.05) is 17.2 Å². The monoisotopic (exact) mass is 376 g/mol. The molecule has 3 atom stereocenters. The molecule has 10 heteroatoms. The molecule has 24 heavy (non-hydrogen) atoms. The lowest BCUT2D eigenvalue weighted by molar-refractivity contribution is -0.167. The van der Waals surface area contributed by atoms with Gasteiger partial charge in [-0.2, -0.15) is 0 Å². The second kappa shape index (κ2) is 5.99. The molecule has 2 saturated heterocycles. The molecule has 2 amide bonds. The maximum atomic E-state index is 13.3. The van der Waals surface area contributed by atoms with E-state index in [4.69, 9.17) is 0 Å². The van der Waals surface area contributed by atoms with Crippen LogP contribution >= 0.6 is 23.1 Å². The van der Waals surface area contributed by atoms with Gasteiger partial charge in [-0.15, -0.1) is 23.1 Å². The van der Waals surface area contributed by atoms with E-state index in [-0.39, 0.29) is 11.7 Å². The molecule has 1 aromatic heterocycles. The maximum Gasteiger partial charge on any atom is 0.318 e. The number of carboxylic acids is 1. The Hall–Kier alpha value is -1.68. The molecule has 0 saturated carbocycles. The highest BCUT2D eigenvalue weighted by molar-refractivity contribution is 8.00. The lowest BCUT2D eigenvalue weighted by atomic mass is 9.87. The Balaban J connectivity index is 1.85. The van der Waals surface area contributed by atoms with Gasteiger partial charge in [0.1, 0.15) is 11.4 Å². The third-order valence-electron chi connectivity index (χ3n) is 4.28. The summed E-state index contributed by atoms with van der Waals surface area (Å²) in [6.45, 7) is 0.799. The number of amides is 2. The number of alkyl halides is 2. The SMILES string of the molecule is CC(=O)N(c1cccs1)C1C(=O)N2CC(C(=O)O)(C(F)F)CS[C@H]12. The van der Waals surface area contributed by atoms with Crippen LogP contribution in [0.4, 0.5) is 13.8 Å². The van der Waals surface area contributed by atoms with E-state index in [9.17, 15) is 28.3 Å². The second-order valence-corrected chi connectivity index (χ2v) is 7.75. The lowest BCUT2D eigenvalue weighted by Crippen LogP contribution is -2.75. The molecule has 0 aromatic carbocycles. The molecule has 2 aliphatic heterocycles. The molecule has 6 nitrogen and oxygen atoms in total. The van der Waals surface area contributed by atoms with Gasteiger partial charge in [-0.1, -0.05) is 0 Å². The van der Waals surface area contributed by atoms with Crippen molar-refractivity contribution >= 4 is 45.9 Å². The van der Waals surface area contributed by atoms with Gasteiger partial charge in [-0.05, 0) is 17.5 Å². The number of rotatable bonds is 4. The minimum absolute atomic E-state index is 0.304. The van der Waals surface area contributed by atoms with Gasteiger partial charge in [-0.3, -0.25) is 19.3 Å². The zero-order valence-electron chi connectivity index (χ0n) is 12.5. The van der Waals surface area contributed by atoms with Crippen LogP contribution in [0.5, 0.6) is 0 Å². The third kappa shape index (κ3) is 2.39. The van der Waals surface area contributed by atoms with Crippen LogP contribution in [-0.2, 0) is 14.4 Å². The molecule has 0 radical (unpaired) electrons. The third-order valence-corrected chi connectivity index (χ3v) is 6.69. The number of fused-ring (bicyclic) bond motifs is 1. The fourth-order valence-electron chi connectivity index (χ4n) is 2.93.